The van der Waals surface area contributed by atoms with Gasteiger partial charge in [0, 0.05) is 26.0 Å². The fraction of sp³-hybridized carbons (Fsp3) is 0.700. The van der Waals surface area contributed by atoms with Gasteiger partial charge in [0.1, 0.15) is 6.10 Å². The summed E-state index contributed by atoms with van der Waals surface area (Å²) in [5, 5.41) is 15.8. The molecule has 0 spiro atoms. The van der Waals surface area contributed by atoms with Crippen molar-refractivity contribution < 1.29 is 5.11 Å². The van der Waals surface area contributed by atoms with Gasteiger partial charge < -0.3 is 15.3 Å². The first-order valence-electron chi connectivity index (χ1n) is 5.16. The number of aromatic nitrogens is 1. The van der Waals surface area contributed by atoms with Crippen LogP contribution in [0.3, 0.4) is 0 Å². The topological polar surface area (TPSA) is 48.4 Å². The second kappa shape index (κ2) is 6.05. The molecule has 0 saturated carbocycles. The van der Waals surface area contributed by atoms with Crippen LogP contribution in [0.2, 0.25) is 0 Å². The van der Waals surface area contributed by atoms with Crippen LogP contribution in [0.1, 0.15) is 25.1 Å². The summed E-state index contributed by atoms with van der Waals surface area (Å²) in [5.74, 6) is 0. The highest BCUT2D eigenvalue weighted by atomic mass is 32.1. The number of anilines is 1. The summed E-state index contributed by atoms with van der Waals surface area (Å²) in [6.45, 7) is 3.61. The summed E-state index contributed by atoms with van der Waals surface area (Å²) in [6, 6.07) is 0. The fourth-order valence-electron chi connectivity index (χ4n) is 1.15. The van der Waals surface area contributed by atoms with Crippen molar-refractivity contribution in [2.75, 3.05) is 32.1 Å². The zero-order chi connectivity index (χ0) is 11.3. The molecule has 15 heavy (non-hydrogen) atoms. The third kappa shape index (κ3) is 3.77. The average Bonchev–Trinajstić information content (AvgIpc) is 2.66. The van der Waals surface area contributed by atoms with Crippen LogP contribution in [0.5, 0.6) is 0 Å². The largest absolute Gasteiger partial charge is 0.385 e. The number of nitrogens with one attached hydrogen (secondary N) is 1. The van der Waals surface area contributed by atoms with Crippen LogP contribution in [0, 0.1) is 0 Å². The Kier molecular flexibility index (Phi) is 5.01. The average molecular weight is 229 g/mol. The molecule has 0 aliphatic rings. The monoisotopic (exact) mass is 229 g/mol. The third-order valence-corrected chi connectivity index (χ3v) is 3.02. The van der Waals surface area contributed by atoms with Crippen molar-refractivity contribution in [2.45, 2.75) is 19.4 Å². The Bertz CT molecular complexity index is 288. The molecule has 0 aliphatic heterocycles. The Balaban J connectivity index is 2.47. The molecule has 1 heterocycles. The van der Waals surface area contributed by atoms with Crippen LogP contribution in [0.15, 0.2) is 5.38 Å². The van der Waals surface area contributed by atoms with E-state index in [9.17, 15) is 5.11 Å². The van der Waals surface area contributed by atoms with Gasteiger partial charge in [-0.15, -0.1) is 11.3 Å². The number of hydrogen-bond acceptors (Lipinski definition) is 5. The van der Waals surface area contributed by atoms with Gasteiger partial charge in [0.25, 0.3) is 0 Å². The molecule has 1 aromatic heterocycles. The van der Waals surface area contributed by atoms with E-state index in [-0.39, 0.29) is 0 Å². The van der Waals surface area contributed by atoms with E-state index in [1.54, 1.807) is 11.3 Å². The summed E-state index contributed by atoms with van der Waals surface area (Å²) in [6.07, 6.45) is 0.578. The lowest BCUT2D eigenvalue weighted by atomic mass is 10.3. The van der Waals surface area contributed by atoms with Crippen molar-refractivity contribution in [1.82, 2.24) is 10.3 Å². The fourth-order valence-corrected chi connectivity index (χ4v) is 1.96. The maximum Gasteiger partial charge on any atom is 0.185 e. The first-order chi connectivity index (χ1) is 7.15. The molecule has 0 fully saturated rings. The molecule has 1 aromatic rings. The lowest BCUT2D eigenvalue weighted by Gasteiger charge is -2.09. The number of nitrogens with zero attached hydrogens (tertiary/aromatic N) is 2. The first-order valence-corrected chi connectivity index (χ1v) is 6.04. The van der Waals surface area contributed by atoms with E-state index in [0.717, 1.165) is 23.8 Å². The molecule has 4 nitrogen and oxygen atoms in total. The normalized spacial score (nSPS) is 12.8. The minimum atomic E-state index is -0.499. The maximum atomic E-state index is 9.81. The summed E-state index contributed by atoms with van der Waals surface area (Å²) in [7, 11) is 3.90. The van der Waals surface area contributed by atoms with Gasteiger partial charge in [-0.2, -0.15) is 0 Å². The number of rotatable bonds is 6. The Labute approximate surface area is 94.9 Å². The lowest BCUT2D eigenvalue weighted by molar-refractivity contribution is 0.171. The van der Waals surface area contributed by atoms with Crippen LogP contribution in [-0.2, 0) is 0 Å². The minimum Gasteiger partial charge on any atom is -0.385 e. The Morgan fingerprint density at radius 3 is 2.87 bits per heavy atom. The minimum absolute atomic E-state index is 0.499. The lowest BCUT2D eigenvalue weighted by Crippen LogP contribution is -2.22. The molecule has 1 unspecified atom stereocenters. The van der Waals surface area contributed by atoms with E-state index in [1.807, 2.05) is 24.4 Å². The van der Waals surface area contributed by atoms with Crippen molar-refractivity contribution in [3.05, 3.63) is 11.1 Å². The van der Waals surface area contributed by atoms with Crippen LogP contribution in [0.25, 0.3) is 0 Å². The van der Waals surface area contributed by atoms with Gasteiger partial charge in [-0.1, -0.05) is 6.92 Å². The van der Waals surface area contributed by atoms with Gasteiger partial charge in [-0.3, -0.25) is 0 Å². The van der Waals surface area contributed by atoms with Gasteiger partial charge in [-0.05, 0) is 13.0 Å². The predicted molar refractivity (Wildman–Crippen MR) is 64.6 cm³/mol. The number of aliphatic hydroxyl groups is 1. The van der Waals surface area contributed by atoms with Crippen molar-refractivity contribution in [2.24, 2.45) is 0 Å². The highest BCUT2D eigenvalue weighted by Crippen LogP contribution is 2.21. The van der Waals surface area contributed by atoms with Crippen molar-refractivity contribution >= 4 is 16.5 Å². The molecule has 1 atom stereocenters. The van der Waals surface area contributed by atoms with Gasteiger partial charge in [0.05, 0.1) is 5.69 Å². The van der Waals surface area contributed by atoms with Crippen LogP contribution in [-0.4, -0.2) is 37.3 Å². The first kappa shape index (κ1) is 12.4. The van der Waals surface area contributed by atoms with Crippen LogP contribution < -0.4 is 10.2 Å². The smallest absolute Gasteiger partial charge is 0.185 e. The molecule has 1 rings (SSSR count). The maximum absolute atomic E-state index is 9.81. The van der Waals surface area contributed by atoms with E-state index in [1.165, 1.54) is 0 Å². The third-order valence-electron chi connectivity index (χ3n) is 2.00. The summed E-state index contributed by atoms with van der Waals surface area (Å²) < 4.78 is 0. The molecule has 0 amide bonds. The quantitative estimate of drug-likeness (QED) is 0.721. The Morgan fingerprint density at radius 1 is 1.60 bits per heavy atom. The number of hydrogen-bond donors (Lipinski definition) is 2. The molecule has 0 bridgehead atoms. The molecule has 2 N–H and O–H groups in total. The van der Waals surface area contributed by atoms with Crippen LogP contribution >= 0.6 is 11.3 Å². The van der Waals surface area contributed by atoms with E-state index >= 15 is 0 Å². The summed E-state index contributed by atoms with van der Waals surface area (Å²) in [5.41, 5.74) is 0.757. The predicted octanol–water partition coefficient (Wildman–Crippen LogP) is 1.24. The zero-order valence-corrected chi connectivity index (χ0v) is 10.3. The number of aliphatic hydroxyl groups excluding tert-OH is 1. The molecule has 0 radical (unpaired) electrons. The molecular weight excluding hydrogens is 210 g/mol. The molecule has 0 saturated heterocycles. The van der Waals surface area contributed by atoms with Gasteiger partial charge >= 0.3 is 0 Å². The van der Waals surface area contributed by atoms with E-state index in [2.05, 4.69) is 17.2 Å². The molecule has 0 aromatic carbocycles. The highest BCUT2D eigenvalue weighted by Gasteiger charge is 2.11. The van der Waals surface area contributed by atoms with Crippen LogP contribution in [0.4, 0.5) is 5.13 Å². The molecule has 86 valence electrons. The van der Waals surface area contributed by atoms with Crippen molar-refractivity contribution in [3.63, 3.8) is 0 Å². The summed E-state index contributed by atoms with van der Waals surface area (Å²) >= 11 is 1.55. The standard InChI is InChI=1S/C10H19N3OS/c1-4-5-11-6-9(14)8-7-15-10(12-8)13(2)3/h7,9,11,14H,4-6H2,1-3H3. The second-order valence-electron chi connectivity index (χ2n) is 3.67. The van der Waals surface area contributed by atoms with Crippen molar-refractivity contribution in [3.8, 4) is 0 Å². The number of thiazole rings is 1. The second-order valence-corrected chi connectivity index (χ2v) is 4.51. The summed E-state index contributed by atoms with van der Waals surface area (Å²) in [4.78, 5) is 6.29. The molecular formula is C10H19N3OS. The zero-order valence-electron chi connectivity index (χ0n) is 9.53. The molecule has 5 heteroatoms. The van der Waals surface area contributed by atoms with Gasteiger partial charge in [-0.25, -0.2) is 4.98 Å². The SMILES string of the molecule is CCCNCC(O)c1csc(N(C)C)n1. The Hall–Kier alpha value is -0.650. The highest BCUT2D eigenvalue weighted by molar-refractivity contribution is 7.13. The van der Waals surface area contributed by atoms with E-state index < -0.39 is 6.10 Å². The van der Waals surface area contributed by atoms with Gasteiger partial charge in [0.15, 0.2) is 5.13 Å². The van der Waals surface area contributed by atoms with Crippen molar-refractivity contribution in [1.29, 1.82) is 0 Å². The van der Waals surface area contributed by atoms with E-state index in [0.29, 0.717) is 6.54 Å². The molecule has 0 aliphatic carbocycles. The van der Waals surface area contributed by atoms with E-state index in [4.69, 9.17) is 0 Å². The van der Waals surface area contributed by atoms with Gasteiger partial charge in [0.2, 0.25) is 0 Å². The Morgan fingerprint density at radius 2 is 2.33 bits per heavy atom.